The summed E-state index contributed by atoms with van der Waals surface area (Å²) in [6.45, 7) is 0. The molecule has 0 radical (unpaired) electrons. The van der Waals surface area contributed by atoms with E-state index in [0.29, 0.717) is 5.82 Å². The van der Waals surface area contributed by atoms with Gasteiger partial charge in [0.15, 0.2) is 5.82 Å². The van der Waals surface area contributed by atoms with Gasteiger partial charge in [-0.1, -0.05) is 157 Å². The van der Waals surface area contributed by atoms with Gasteiger partial charge in [-0.15, -0.1) is 0 Å². The van der Waals surface area contributed by atoms with Crippen LogP contribution in [0.5, 0.6) is 0 Å². The van der Waals surface area contributed by atoms with Gasteiger partial charge in [0.2, 0.25) is 0 Å². The van der Waals surface area contributed by atoms with Crippen LogP contribution in [0.3, 0.4) is 0 Å². The van der Waals surface area contributed by atoms with Crippen LogP contribution >= 0.6 is 0 Å². The second-order valence-electron chi connectivity index (χ2n) is 13.5. The van der Waals surface area contributed by atoms with E-state index >= 15 is 0 Å². The summed E-state index contributed by atoms with van der Waals surface area (Å²) < 4.78 is 0. The summed E-state index contributed by atoms with van der Waals surface area (Å²) in [6, 6.07) is 57.6. The van der Waals surface area contributed by atoms with Gasteiger partial charge in [0.1, 0.15) is 0 Å². The monoisotopic (exact) mass is 685 g/mol. The first-order valence-electron chi connectivity index (χ1n) is 18.1. The number of hydrogen-bond donors (Lipinski definition) is 0. The number of pyridine rings is 1. The Morgan fingerprint density at radius 2 is 0.963 bits per heavy atom. The Hall–Kier alpha value is -7.41. The van der Waals surface area contributed by atoms with Gasteiger partial charge in [-0.25, -0.2) is 9.97 Å². The second-order valence-corrected chi connectivity index (χ2v) is 13.5. The fourth-order valence-electron chi connectivity index (χ4n) is 7.39. The van der Waals surface area contributed by atoms with E-state index in [1.165, 1.54) is 32.5 Å². The number of allylic oxidation sites excluding steroid dienone is 4. The lowest BCUT2D eigenvalue weighted by atomic mass is 9.96. The van der Waals surface area contributed by atoms with Gasteiger partial charge in [0, 0.05) is 40.0 Å². The number of hydrogen-bond acceptors (Lipinski definition) is 3. The molecule has 10 rings (SSSR count). The fourth-order valence-corrected chi connectivity index (χ4v) is 7.39. The molecule has 0 unspecified atom stereocenters. The molecule has 0 saturated heterocycles. The minimum Gasteiger partial charge on any atom is -0.263 e. The number of benzene rings is 7. The van der Waals surface area contributed by atoms with Crippen molar-refractivity contribution >= 4 is 43.5 Å². The average Bonchev–Trinajstić information content (AvgIpc) is 3.26. The van der Waals surface area contributed by atoms with Gasteiger partial charge >= 0.3 is 0 Å². The lowest BCUT2D eigenvalue weighted by Gasteiger charge is -2.12. The van der Waals surface area contributed by atoms with E-state index in [1.54, 1.807) is 0 Å². The summed E-state index contributed by atoms with van der Waals surface area (Å²) >= 11 is 0. The zero-order valence-electron chi connectivity index (χ0n) is 29.2. The second kappa shape index (κ2) is 13.3. The molecule has 1 aliphatic carbocycles. The smallest absolute Gasteiger partial charge is 0.168 e. The molecule has 2 aromatic heterocycles. The molecule has 9 aromatic rings. The molecular weight excluding hydrogens is 655 g/mol. The van der Waals surface area contributed by atoms with Crippen molar-refractivity contribution in [1.29, 1.82) is 0 Å². The SMILES string of the molecule is C1=C=C(c2nc(-c3ccc(-c4cncc5ccccc45)cc3)cc(-c3cccc(-c4cccc5ccccc45)c3)n2)C=CC=1c1ccc2ccccc2c1. The molecule has 3 heteroatoms. The quantitative estimate of drug-likeness (QED) is 0.164. The Kier molecular flexibility index (Phi) is 7.71. The predicted octanol–water partition coefficient (Wildman–Crippen LogP) is 12.8. The largest absolute Gasteiger partial charge is 0.263 e. The van der Waals surface area contributed by atoms with Crippen molar-refractivity contribution < 1.29 is 0 Å². The molecule has 0 saturated carbocycles. The molecule has 7 aromatic carbocycles. The Balaban J connectivity index is 1.10. The van der Waals surface area contributed by atoms with Crippen molar-refractivity contribution in [1.82, 2.24) is 15.0 Å². The zero-order chi connectivity index (χ0) is 35.8. The summed E-state index contributed by atoms with van der Waals surface area (Å²) in [4.78, 5) is 14.8. The highest BCUT2D eigenvalue weighted by Crippen LogP contribution is 2.35. The summed E-state index contributed by atoms with van der Waals surface area (Å²) in [5.41, 5.74) is 17.9. The van der Waals surface area contributed by atoms with E-state index in [1.807, 2.05) is 24.5 Å². The Morgan fingerprint density at radius 3 is 1.78 bits per heavy atom. The maximum absolute atomic E-state index is 5.17. The summed E-state index contributed by atoms with van der Waals surface area (Å²) in [6.07, 6.45) is 7.98. The van der Waals surface area contributed by atoms with Gasteiger partial charge in [-0.3, -0.25) is 4.98 Å². The van der Waals surface area contributed by atoms with Crippen molar-refractivity contribution in [2.24, 2.45) is 0 Å². The highest BCUT2D eigenvalue weighted by atomic mass is 14.9. The molecule has 0 aliphatic heterocycles. The molecule has 1 aliphatic rings. The van der Waals surface area contributed by atoms with Crippen molar-refractivity contribution in [2.75, 3.05) is 0 Å². The molecule has 0 N–H and O–H groups in total. The van der Waals surface area contributed by atoms with Crippen LogP contribution in [0.2, 0.25) is 0 Å². The van der Waals surface area contributed by atoms with E-state index in [-0.39, 0.29) is 0 Å². The normalized spacial score (nSPS) is 12.3. The lowest BCUT2D eigenvalue weighted by Crippen LogP contribution is -1.99. The molecule has 54 heavy (non-hydrogen) atoms. The first kappa shape index (κ1) is 31.3. The van der Waals surface area contributed by atoms with Crippen LogP contribution in [0.1, 0.15) is 11.4 Å². The average molecular weight is 686 g/mol. The van der Waals surface area contributed by atoms with Gasteiger partial charge in [-0.05, 0) is 79.5 Å². The van der Waals surface area contributed by atoms with Crippen molar-refractivity contribution in [3.63, 3.8) is 0 Å². The van der Waals surface area contributed by atoms with E-state index in [4.69, 9.17) is 9.97 Å². The van der Waals surface area contributed by atoms with Crippen LogP contribution in [0.15, 0.2) is 200 Å². The molecular formula is C51H31N3. The summed E-state index contributed by atoms with van der Waals surface area (Å²) in [5.74, 6) is 0.599. The van der Waals surface area contributed by atoms with Gasteiger partial charge in [0.05, 0.1) is 17.0 Å². The number of rotatable bonds is 6. The van der Waals surface area contributed by atoms with E-state index in [9.17, 15) is 0 Å². The van der Waals surface area contributed by atoms with E-state index < -0.39 is 0 Å². The van der Waals surface area contributed by atoms with E-state index in [2.05, 4.69) is 180 Å². The molecule has 0 atom stereocenters. The van der Waals surface area contributed by atoms with Gasteiger partial charge < -0.3 is 0 Å². The van der Waals surface area contributed by atoms with Gasteiger partial charge in [0.25, 0.3) is 0 Å². The van der Waals surface area contributed by atoms with Crippen LogP contribution < -0.4 is 0 Å². The Bertz CT molecular complexity index is 3050. The van der Waals surface area contributed by atoms with Crippen LogP contribution in [0, 0.1) is 0 Å². The predicted molar refractivity (Wildman–Crippen MR) is 224 cm³/mol. The molecule has 0 spiro atoms. The van der Waals surface area contributed by atoms with Crippen molar-refractivity contribution in [3.8, 4) is 44.8 Å². The Morgan fingerprint density at radius 1 is 0.352 bits per heavy atom. The molecule has 0 amide bonds. The maximum atomic E-state index is 5.17. The third-order valence-electron chi connectivity index (χ3n) is 10.2. The number of nitrogens with zero attached hydrogens (tertiary/aromatic N) is 3. The first-order valence-corrected chi connectivity index (χ1v) is 18.1. The van der Waals surface area contributed by atoms with Crippen molar-refractivity contribution in [3.05, 3.63) is 211 Å². The molecule has 2 heterocycles. The number of aromatic nitrogens is 3. The molecule has 0 bridgehead atoms. The van der Waals surface area contributed by atoms with Crippen LogP contribution in [0.25, 0.3) is 88.2 Å². The topological polar surface area (TPSA) is 38.7 Å². The first-order chi connectivity index (χ1) is 26.7. The zero-order valence-corrected chi connectivity index (χ0v) is 29.2. The maximum Gasteiger partial charge on any atom is 0.168 e. The highest BCUT2D eigenvalue weighted by molar-refractivity contribution is 5.98. The fraction of sp³-hybridized carbons (Fsp3) is 0. The molecule has 0 fully saturated rings. The van der Waals surface area contributed by atoms with Crippen molar-refractivity contribution in [2.45, 2.75) is 0 Å². The van der Waals surface area contributed by atoms with Crippen LogP contribution in [0.4, 0.5) is 0 Å². The summed E-state index contributed by atoms with van der Waals surface area (Å²) in [7, 11) is 0. The lowest BCUT2D eigenvalue weighted by molar-refractivity contribution is 1.13. The summed E-state index contributed by atoms with van der Waals surface area (Å²) in [5, 5.41) is 7.15. The van der Waals surface area contributed by atoms with E-state index in [0.717, 1.165) is 61.3 Å². The molecule has 3 nitrogen and oxygen atoms in total. The minimum atomic E-state index is 0.599. The molecule has 250 valence electrons. The number of fused-ring (bicyclic) bond motifs is 3. The standard InChI is InChI=1S/C51H31N3/c1-2-11-40-29-41(28-21-34(40)9-1)35-19-26-39(27-20-35)51-53-49(38-24-22-37(23-25-38)48-33-52-32-44-12-4-6-17-47(44)48)31-50(54-51)43-15-7-14-42(30-43)46-18-8-13-36-10-3-5-16-45(36)46/h1-19,21-26,28-33H. The highest BCUT2D eigenvalue weighted by Gasteiger charge is 2.15. The van der Waals surface area contributed by atoms with Crippen LogP contribution in [-0.2, 0) is 0 Å². The minimum absolute atomic E-state index is 0.599. The Labute approximate surface area is 313 Å². The third-order valence-corrected chi connectivity index (χ3v) is 10.2. The van der Waals surface area contributed by atoms with Crippen LogP contribution in [-0.4, -0.2) is 15.0 Å². The third kappa shape index (κ3) is 5.83. The van der Waals surface area contributed by atoms with Gasteiger partial charge in [-0.2, -0.15) is 0 Å².